The molecule has 0 saturated carbocycles. The first-order valence-corrected chi connectivity index (χ1v) is 6.85. The lowest BCUT2D eigenvalue weighted by Crippen LogP contribution is -2.48. The molecular formula is C12H24N6O3. The van der Waals surface area contributed by atoms with E-state index in [4.69, 9.17) is 11.5 Å². The van der Waals surface area contributed by atoms with Gasteiger partial charge in [-0.15, -0.1) is 0 Å². The third-order valence-electron chi connectivity index (χ3n) is 2.51. The number of hydrogen-bond acceptors (Lipinski definition) is 3. The molecule has 0 aromatic rings. The van der Waals surface area contributed by atoms with Crippen LogP contribution < -0.4 is 27.4 Å². The van der Waals surface area contributed by atoms with Crippen LogP contribution in [-0.4, -0.2) is 42.9 Å². The average molecular weight is 300 g/mol. The molecule has 0 heterocycles. The molecule has 21 heavy (non-hydrogen) atoms. The first-order valence-electron chi connectivity index (χ1n) is 6.85. The van der Waals surface area contributed by atoms with Gasteiger partial charge in [0.15, 0.2) is 5.96 Å². The van der Waals surface area contributed by atoms with Gasteiger partial charge in [0, 0.05) is 19.5 Å². The van der Waals surface area contributed by atoms with Crippen LogP contribution >= 0.6 is 0 Å². The highest BCUT2D eigenvalue weighted by atomic mass is 16.2. The molecule has 9 heteroatoms. The maximum atomic E-state index is 11.4. The molecule has 0 aliphatic carbocycles. The van der Waals surface area contributed by atoms with Crippen LogP contribution in [0.5, 0.6) is 0 Å². The smallest absolute Gasteiger partial charge is 0.344 e. The Hall–Kier alpha value is -2.32. The topological polar surface area (TPSA) is 152 Å². The van der Waals surface area contributed by atoms with Gasteiger partial charge in [0.25, 0.3) is 0 Å². The molecule has 0 fully saturated rings. The van der Waals surface area contributed by atoms with E-state index in [0.717, 1.165) is 6.42 Å². The summed E-state index contributed by atoms with van der Waals surface area (Å²) in [7, 11) is 0. The quantitative estimate of drug-likeness (QED) is 0.216. The molecule has 0 rings (SSSR count). The van der Waals surface area contributed by atoms with Crippen LogP contribution in [0.4, 0.5) is 4.79 Å². The van der Waals surface area contributed by atoms with Crippen LogP contribution in [0, 0.1) is 0 Å². The van der Waals surface area contributed by atoms with Crippen LogP contribution in [0.1, 0.15) is 33.1 Å². The molecule has 4 amide bonds. The molecule has 0 aromatic heterocycles. The van der Waals surface area contributed by atoms with E-state index in [2.05, 4.69) is 20.9 Å². The fraction of sp³-hybridized carbons (Fsp3) is 0.667. The van der Waals surface area contributed by atoms with Gasteiger partial charge in [0.05, 0.1) is 0 Å². The van der Waals surface area contributed by atoms with E-state index < -0.39 is 18.0 Å². The number of carbonyl (C=O) groups is 3. The molecule has 120 valence electrons. The summed E-state index contributed by atoms with van der Waals surface area (Å²) in [6.45, 7) is 4.16. The minimum Gasteiger partial charge on any atom is -0.370 e. The largest absolute Gasteiger partial charge is 0.370 e. The lowest BCUT2D eigenvalue weighted by molar-refractivity contribution is -0.121. The zero-order valence-electron chi connectivity index (χ0n) is 12.4. The van der Waals surface area contributed by atoms with Crippen LogP contribution in [0.3, 0.4) is 0 Å². The van der Waals surface area contributed by atoms with Gasteiger partial charge in [-0.2, -0.15) is 4.99 Å². The number of amides is 4. The number of nitrogens with two attached hydrogens (primary N) is 2. The second-order valence-electron chi connectivity index (χ2n) is 4.32. The molecular weight excluding hydrogens is 276 g/mol. The maximum absolute atomic E-state index is 11.4. The minimum absolute atomic E-state index is 0.0993. The van der Waals surface area contributed by atoms with Crippen molar-refractivity contribution in [1.82, 2.24) is 16.0 Å². The van der Waals surface area contributed by atoms with Crippen LogP contribution in [0.2, 0.25) is 0 Å². The number of urea groups is 1. The second kappa shape index (κ2) is 10.5. The molecule has 1 atom stereocenters. The monoisotopic (exact) mass is 300 g/mol. The highest BCUT2D eigenvalue weighted by Crippen LogP contribution is 1.95. The molecule has 0 aliphatic heterocycles. The molecule has 0 aromatic carbocycles. The van der Waals surface area contributed by atoms with Crippen molar-refractivity contribution >= 4 is 23.8 Å². The van der Waals surface area contributed by atoms with Crippen molar-refractivity contribution in [2.45, 2.75) is 39.2 Å². The van der Waals surface area contributed by atoms with Crippen molar-refractivity contribution in [3.05, 3.63) is 0 Å². The van der Waals surface area contributed by atoms with Crippen molar-refractivity contribution in [3.63, 3.8) is 0 Å². The number of primary amides is 1. The maximum Gasteiger partial charge on any atom is 0.344 e. The standard InChI is InChI=1S/C12H24N6O3/c1-3-5-8(10(13)20)17-11(14)18-12(21)16-7-6-15-9(19)4-2/h8H,3-7H2,1-2H3,(H2,13,20)(H,15,19)(H4,14,16,17,18,21). The van der Waals surface area contributed by atoms with Gasteiger partial charge in [-0.25, -0.2) is 4.79 Å². The van der Waals surface area contributed by atoms with Crippen molar-refractivity contribution < 1.29 is 14.4 Å². The second-order valence-corrected chi connectivity index (χ2v) is 4.32. The molecule has 0 aliphatic rings. The molecule has 0 bridgehead atoms. The number of nitrogens with one attached hydrogen (secondary N) is 3. The number of aliphatic imine (C=N–C) groups is 1. The van der Waals surface area contributed by atoms with Gasteiger partial charge in [0.2, 0.25) is 11.8 Å². The number of guanidine groups is 1. The van der Waals surface area contributed by atoms with Gasteiger partial charge in [0.1, 0.15) is 6.04 Å². The summed E-state index contributed by atoms with van der Waals surface area (Å²) in [5.74, 6) is -0.835. The van der Waals surface area contributed by atoms with E-state index in [1.54, 1.807) is 6.92 Å². The Balaban J connectivity index is 4.14. The van der Waals surface area contributed by atoms with Gasteiger partial charge >= 0.3 is 6.03 Å². The SMILES string of the molecule is CCCC(N/C(N)=N\C(=O)NCCNC(=O)CC)C(N)=O. The van der Waals surface area contributed by atoms with Crippen molar-refractivity contribution in [3.8, 4) is 0 Å². The summed E-state index contributed by atoms with van der Waals surface area (Å²) in [6, 6.07) is -1.32. The zero-order chi connectivity index (χ0) is 16.3. The third kappa shape index (κ3) is 9.25. The summed E-state index contributed by atoms with van der Waals surface area (Å²) >= 11 is 0. The molecule has 9 nitrogen and oxygen atoms in total. The van der Waals surface area contributed by atoms with Crippen molar-refractivity contribution in [2.24, 2.45) is 16.5 Å². The number of rotatable bonds is 8. The van der Waals surface area contributed by atoms with E-state index in [1.807, 2.05) is 6.92 Å². The number of hydrogen-bond donors (Lipinski definition) is 5. The minimum atomic E-state index is -0.662. The van der Waals surface area contributed by atoms with Crippen LogP contribution in [-0.2, 0) is 9.59 Å². The highest BCUT2D eigenvalue weighted by Gasteiger charge is 2.14. The van der Waals surface area contributed by atoms with E-state index in [0.29, 0.717) is 19.4 Å². The predicted molar refractivity (Wildman–Crippen MR) is 79.3 cm³/mol. The Bertz CT molecular complexity index is 396. The molecule has 0 spiro atoms. The highest BCUT2D eigenvalue weighted by molar-refractivity contribution is 5.94. The Morgan fingerprint density at radius 2 is 1.71 bits per heavy atom. The third-order valence-corrected chi connectivity index (χ3v) is 2.51. The Morgan fingerprint density at radius 1 is 1.10 bits per heavy atom. The Morgan fingerprint density at radius 3 is 2.24 bits per heavy atom. The predicted octanol–water partition coefficient (Wildman–Crippen LogP) is -1.22. The first-order chi connectivity index (χ1) is 9.90. The van der Waals surface area contributed by atoms with Crippen molar-refractivity contribution in [1.29, 1.82) is 0 Å². The summed E-state index contributed by atoms with van der Waals surface area (Å²) in [5, 5.41) is 7.63. The van der Waals surface area contributed by atoms with Gasteiger partial charge in [-0.1, -0.05) is 20.3 Å². The number of carbonyl (C=O) groups excluding carboxylic acids is 3. The molecule has 0 radical (unpaired) electrons. The lowest BCUT2D eigenvalue weighted by atomic mass is 10.1. The fourth-order valence-corrected chi connectivity index (χ4v) is 1.43. The summed E-state index contributed by atoms with van der Waals surface area (Å²) in [4.78, 5) is 37.0. The molecule has 1 unspecified atom stereocenters. The zero-order valence-corrected chi connectivity index (χ0v) is 12.4. The average Bonchev–Trinajstić information content (AvgIpc) is 2.42. The van der Waals surface area contributed by atoms with Crippen LogP contribution in [0.25, 0.3) is 0 Å². The molecule has 0 saturated heterocycles. The summed E-state index contributed by atoms with van der Waals surface area (Å²) in [6.07, 6.45) is 1.61. The first kappa shape index (κ1) is 18.7. The van der Waals surface area contributed by atoms with Gasteiger partial charge in [-0.05, 0) is 6.42 Å². The van der Waals surface area contributed by atoms with Gasteiger partial charge in [-0.3, -0.25) is 9.59 Å². The molecule has 7 N–H and O–H groups in total. The van der Waals surface area contributed by atoms with E-state index in [-0.39, 0.29) is 18.4 Å². The van der Waals surface area contributed by atoms with E-state index >= 15 is 0 Å². The summed E-state index contributed by atoms with van der Waals surface area (Å²) < 4.78 is 0. The number of nitrogens with zero attached hydrogens (tertiary/aromatic N) is 1. The normalized spacial score (nSPS) is 12.4. The van der Waals surface area contributed by atoms with Gasteiger partial charge < -0.3 is 27.4 Å². The van der Waals surface area contributed by atoms with Crippen LogP contribution in [0.15, 0.2) is 4.99 Å². The van der Waals surface area contributed by atoms with E-state index in [1.165, 1.54) is 0 Å². The Kier molecular flexibility index (Phi) is 9.31. The van der Waals surface area contributed by atoms with E-state index in [9.17, 15) is 14.4 Å². The Labute approximate surface area is 123 Å². The summed E-state index contributed by atoms with van der Waals surface area (Å²) in [5.41, 5.74) is 10.7. The fourth-order valence-electron chi connectivity index (χ4n) is 1.43. The lowest BCUT2D eigenvalue weighted by Gasteiger charge is -2.14. The van der Waals surface area contributed by atoms with Crippen molar-refractivity contribution in [2.75, 3.05) is 13.1 Å².